The minimum atomic E-state index is -4.70. The molecule has 77 heavy (non-hydrogen) atoms. The van der Waals surface area contributed by atoms with Gasteiger partial charge in [-0.1, -0.05) is 255 Å². The largest absolute Gasteiger partial charge is 0.756 e. The van der Waals surface area contributed by atoms with Crippen molar-refractivity contribution in [1.82, 2.24) is 5.32 Å². The number of rotatable bonds is 59. The molecule has 0 bridgehead atoms. The van der Waals surface area contributed by atoms with E-state index in [9.17, 15) is 19.0 Å². The number of quaternary nitrogens is 1. The number of hydrogen-bond donors (Lipinski definition) is 1. The summed E-state index contributed by atoms with van der Waals surface area (Å²) >= 11 is 0. The van der Waals surface area contributed by atoms with E-state index in [1.54, 1.807) is 0 Å². The van der Waals surface area contributed by atoms with Crippen molar-refractivity contribution in [3.05, 3.63) is 60.8 Å². The van der Waals surface area contributed by atoms with Gasteiger partial charge in [0.05, 0.1) is 33.8 Å². The Labute approximate surface area is 477 Å². The van der Waals surface area contributed by atoms with Crippen LogP contribution in [0.4, 0.5) is 0 Å². The van der Waals surface area contributed by atoms with Crippen molar-refractivity contribution in [3.8, 4) is 0 Å². The average molecular weight is 1100 g/mol. The van der Waals surface area contributed by atoms with E-state index < -0.39 is 26.6 Å². The number of amides is 1. The summed E-state index contributed by atoms with van der Waals surface area (Å²) in [7, 11) is 1.18. The molecular weight excluding hydrogens is 976 g/mol. The third kappa shape index (κ3) is 58.2. The summed E-state index contributed by atoms with van der Waals surface area (Å²) in [6.07, 6.45) is 71.9. The summed E-state index contributed by atoms with van der Waals surface area (Å²) in [4.78, 5) is 40.0. The Morgan fingerprint density at radius 3 is 1.22 bits per heavy atom. The van der Waals surface area contributed by atoms with Crippen molar-refractivity contribution in [1.29, 1.82) is 0 Å². The summed E-state index contributed by atoms with van der Waals surface area (Å²) < 4.78 is 30.3. The molecule has 0 spiro atoms. The summed E-state index contributed by atoms with van der Waals surface area (Å²) in [5.41, 5.74) is 0. The molecule has 0 radical (unpaired) electrons. The molecule has 0 fully saturated rings. The fourth-order valence-electron chi connectivity index (χ4n) is 9.35. The summed E-state index contributed by atoms with van der Waals surface area (Å²) in [6, 6.07) is -0.896. The lowest BCUT2D eigenvalue weighted by Gasteiger charge is -2.30. The molecule has 0 saturated heterocycles. The number of phosphoric acid groups is 1. The molecule has 10 heteroatoms. The molecule has 1 amide bonds. The van der Waals surface area contributed by atoms with Gasteiger partial charge in [0.15, 0.2) is 0 Å². The number of carbonyl (C=O) groups is 2. The average Bonchev–Trinajstić information content (AvgIpc) is 3.39. The summed E-state index contributed by atoms with van der Waals surface area (Å²) in [5, 5.41) is 3.03. The van der Waals surface area contributed by atoms with Crippen molar-refractivity contribution in [2.45, 2.75) is 315 Å². The van der Waals surface area contributed by atoms with Crippen LogP contribution in [-0.4, -0.2) is 69.4 Å². The molecule has 0 aromatic heterocycles. The third-order valence-corrected chi connectivity index (χ3v) is 15.4. The molecule has 0 aliphatic rings. The maximum absolute atomic E-state index is 13.5. The van der Waals surface area contributed by atoms with Crippen LogP contribution in [0.3, 0.4) is 0 Å². The maximum Gasteiger partial charge on any atom is 0.306 e. The molecule has 3 unspecified atom stereocenters. The molecule has 0 aromatic carbocycles. The van der Waals surface area contributed by atoms with Gasteiger partial charge in [-0.05, 0) is 96.0 Å². The molecule has 0 saturated carbocycles. The maximum atomic E-state index is 13.5. The number of carbonyl (C=O) groups excluding carboxylic acids is 2. The second-order valence-electron chi connectivity index (χ2n) is 23.3. The van der Waals surface area contributed by atoms with E-state index in [1.807, 2.05) is 33.3 Å². The minimum absolute atomic E-state index is 0.0259. The van der Waals surface area contributed by atoms with Crippen LogP contribution in [0.1, 0.15) is 303 Å². The first-order valence-corrected chi connectivity index (χ1v) is 34.1. The monoisotopic (exact) mass is 1100 g/mol. The van der Waals surface area contributed by atoms with Crippen LogP contribution in [0.15, 0.2) is 60.8 Å². The van der Waals surface area contributed by atoms with Crippen LogP contribution in [0.5, 0.6) is 0 Å². The highest BCUT2D eigenvalue weighted by Crippen LogP contribution is 2.38. The molecule has 0 heterocycles. The zero-order valence-corrected chi connectivity index (χ0v) is 52.3. The Morgan fingerprint density at radius 2 is 0.792 bits per heavy atom. The number of unbranched alkanes of at least 4 members (excludes halogenated alkanes) is 35. The number of ether oxygens (including phenoxy) is 1. The van der Waals surface area contributed by atoms with Crippen LogP contribution in [-0.2, 0) is 27.9 Å². The van der Waals surface area contributed by atoms with Gasteiger partial charge < -0.3 is 28.5 Å². The molecule has 0 aliphatic carbocycles. The lowest BCUT2D eigenvalue weighted by atomic mass is 10.0. The first kappa shape index (κ1) is 74.7. The van der Waals surface area contributed by atoms with Crippen molar-refractivity contribution in [2.24, 2.45) is 0 Å². The molecule has 450 valence electrons. The second-order valence-corrected chi connectivity index (χ2v) is 24.7. The van der Waals surface area contributed by atoms with E-state index in [2.05, 4.69) is 74.7 Å². The van der Waals surface area contributed by atoms with Gasteiger partial charge in [-0.3, -0.25) is 14.2 Å². The molecule has 0 aromatic rings. The Bertz CT molecular complexity index is 1500. The van der Waals surface area contributed by atoms with E-state index in [-0.39, 0.29) is 24.9 Å². The highest BCUT2D eigenvalue weighted by Gasteiger charge is 2.27. The molecule has 0 rings (SSSR count). The Kier molecular flexibility index (Phi) is 55.3. The summed E-state index contributed by atoms with van der Waals surface area (Å²) in [5.74, 6) is -0.550. The minimum Gasteiger partial charge on any atom is -0.756 e. The molecular formula is C67H125N2O7P. The number of hydrogen-bond acceptors (Lipinski definition) is 7. The third-order valence-electron chi connectivity index (χ3n) is 14.4. The van der Waals surface area contributed by atoms with E-state index in [0.29, 0.717) is 17.4 Å². The van der Waals surface area contributed by atoms with Crippen LogP contribution in [0, 0.1) is 0 Å². The fourth-order valence-corrected chi connectivity index (χ4v) is 10.1. The highest BCUT2D eigenvalue weighted by atomic mass is 31.2. The van der Waals surface area contributed by atoms with Crippen molar-refractivity contribution >= 4 is 19.7 Å². The van der Waals surface area contributed by atoms with Gasteiger partial charge in [-0.25, -0.2) is 0 Å². The predicted molar refractivity (Wildman–Crippen MR) is 330 cm³/mol. The highest BCUT2D eigenvalue weighted by molar-refractivity contribution is 7.45. The van der Waals surface area contributed by atoms with Gasteiger partial charge in [0.2, 0.25) is 5.91 Å². The van der Waals surface area contributed by atoms with Crippen LogP contribution >= 0.6 is 7.82 Å². The molecule has 3 atom stereocenters. The first-order chi connectivity index (χ1) is 37.4. The number of allylic oxidation sites excluding steroid dienone is 9. The quantitative estimate of drug-likeness (QED) is 0.0212. The van der Waals surface area contributed by atoms with E-state index in [0.717, 1.165) is 96.3 Å². The fraction of sp³-hybridized carbons (Fsp3) is 0.821. The van der Waals surface area contributed by atoms with E-state index >= 15 is 0 Å². The molecule has 9 nitrogen and oxygen atoms in total. The number of esters is 1. The Morgan fingerprint density at radius 1 is 0.455 bits per heavy atom. The lowest BCUT2D eigenvalue weighted by molar-refractivity contribution is -0.870. The SMILES string of the molecule is CCCCC/C=C\C/C=C\C/C=C\CCCCCCCCC(=O)NC(COP(=O)([O-])OCC[N+](C)(C)C)C(/C=C/CCCCCCCCCCC)OC(=O)CCCCCCCCCCCCC/C=C/CCCCCCCC. The number of phosphoric ester groups is 1. The topological polar surface area (TPSA) is 114 Å². The standard InChI is InChI=1S/C67H125N2O7P/c1-7-10-13-16-19-22-25-27-29-31-33-34-36-38-40-42-45-48-51-54-57-60-67(71)76-65(58-55-52-49-46-43-24-21-18-15-12-9-3)64(63-75-77(72,73)74-62-61-69(4,5)6)68-66(70)59-56-53-50-47-44-41-39-37-35-32-30-28-26-23-20-17-14-11-8-2/h20,23,27-30,35,37,55,58,64-65H,7-19,21-22,24-26,31-34,36,38-54,56-57,59-63H2,1-6H3,(H-,68,70,72,73)/b23-20-,29-27+,30-28-,37-35-,58-55+. The second kappa shape index (κ2) is 57.0. The first-order valence-electron chi connectivity index (χ1n) is 32.6. The van der Waals surface area contributed by atoms with E-state index in [4.69, 9.17) is 13.8 Å². The van der Waals surface area contributed by atoms with Gasteiger partial charge in [0, 0.05) is 12.8 Å². The number of nitrogens with zero attached hydrogens (tertiary/aromatic N) is 1. The van der Waals surface area contributed by atoms with Gasteiger partial charge in [0.25, 0.3) is 7.82 Å². The smallest absolute Gasteiger partial charge is 0.306 e. The number of likely N-dealkylation sites (N-methyl/N-ethyl adjacent to an activating group) is 1. The van der Waals surface area contributed by atoms with Gasteiger partial charge in [-0.15, -0.1) is 0 Å². The van der Waals surface area contributed by atoms with Crippen molar-refractivity contribution in [3.63, 3.8) is 0 Å². The van der Waals surface area contributed by atoms with Crippen LogP contribution in [0.2, 0.25) is 0 Å². The van der Waals surface area contributed by atoms with Crippen molar-refractivity contribution < 1.29 is 37.3 Å². The van der Waals surface area contributed by atoms with Gasteiger partial charge in [-0.2, -0.15) is 0 Å². The van der Waals surface area contributed by atoms with E-state index in [1.165, 1.54) is 173 Å². The molecule has 1 N–H and O–H groups in total. The van der Waals surface area contributed by atoms with Gasteiger partial charge in [0.1, 0.15) is 19.3 Å². The molecule has 0 aliphatic heterocycles. The normalized spacial score (nSPS) is 14.0. The van der Waals surface area contributed by atoms with Gasteiger partial charge >= 0.3 is 5.97 Å². The Hall–Kier alpha value is -2.29. The number of nitrogens with one attached hydrogen (secondary N) is 1. The summed E-state index contributed by atoms with van der Waals surface area (Å²) in [6.45, 7) is 6.82. The predicted octanol–water partition coefficient (Wildman–Crippen LogP) is 19.6. The zero-order valence-electron chi connectivity index (χ0n) is 51.4. The Balaban J connectivity index is 5.17. The lowest BCUT2D eigenvalue weighted by Crippen LogP contribution is -2.47. The van der Waals surface area contributed by atoms with Crippen LogP contribution in [0.25, 0.3) is 0 Å². The van der Waals surface area contributed by atoms with Crippen LogP contribution < -0.4 is 10.2 Å². The van der Waals surface area contributed by atoms with Crippen molar-refractivity contribution in [2.75, 3.05) is 40.9 Å². The zero-order chi connectivity index (χ0) is 56.4.